The van der Waals surface area contributed by atoms with E-state index in [1.165, 1.54) is 0 Å². The molecule has 0 saturated heterocycles. The highest BCUT2D eigenvalue weighted by Gasteiger charge is 2.16. The van der Waals surface area contributed by atoms with Crippen LogP contribution in [-0.4, -0.2) is 23.3 Å². The summed E-state index contributed by atoms with van der Waals surface area (Å²) in [6, 6.07) is 20.2. The second kappa shape index (κ2) is 8.85. The van der Waals surface area contributed by atoms with E-state index in [2.05, 4.69) is 5.32 Å². The molecule has 5 nitrogen and oxygen atoms in total. The highest BCUT2D eigenvalue weighted by molar-refractivity contribution is 5.99. The summed E-state index contributed by atoms with van der Waals surface area (Å²) in [5.41, 5.74) is 2.02. The molecule has 27 heavy (non-hydrogen) atoms. The molecule has 0 aliphatic carbocycles. The molecule has 0 saturated carbocycles. The first-order valence-electron chi connectivity index (χ1n) is 8.91. The zero-order valence-electron chi connectivity index (χ0n) is 15.2. The molecule has 0 radical (unpaired) electrons. The van der Waals surface area contributed by atoms with Gasteiger partial charge < -0.3 is 14.6 Å². The third-order valence-electron chi connectivity index (χ3n) is 4.26. The second-order valence-electron chi connectivity index (χ2n) is 6.15. The standard InChI is InChI=1S/C22H22N2O3/c1-2-24(16-17-8-4-3-5-9-17)22(26)19-11-6-10-18(14-19)21(25)23-15-20-12-7-13-27-20/h3-14H,2,15-16H2,1H3,(H,23,25). The maximum atomic E-state index is 12.9. The van der Waals surface area contributed by atoms with Gasteiger partial charge in [-0.3, -0.25) is 9.59 Å². The lowest BCUT2D eigenvalue weighted by Gasteiger charge is -2.21. The fourth-order valence-electron chi connectivity index (χ4n) is 2.79. The fraction of sp³-hybridized carbons (Fsp3) is 0.182. The minimum Gasteiger partial charge on any atom is -0.467 e. The molecule has 1 N–H and O–H groups in total. The molecule has 0 aliphatic rings. The summed E-state index contributed by atoms with van der Waals surface area (Å²) in [7, 11) is 0. The quantitative estimate of drug-likeness (QED) is 0.694. The van der Waals surface area contributed by atoms with Crippen molar-refractivity contribution >= 4 is 11.8 Å². The summed E-state index contributed by atoms with van der Waals surface area (Å²) in [6.45, 7) is 3.37. The van der Waals surface area contributed by atoms with Gasteiger partial charge in [0.1, 0.15) is 5.76 Å². The van der Waals surface area contributed by atoms with Crippen LogP contribution in [0.5, 0.6) is 0 Å². The van der Waals surface area contributed by atoms with E-state index in [4.69, 9.17) is 4.42 Å². The molecule has 0 fully saturated rings. The van der Waals surface area contributed by atoms with E-state index >= 15 is 0 Å². The van der Waals surface area contributed by atoms with Gasteiger partial charge in [-0.05, 0) is 42.8 Å². The Morgan fingerprint density at radius 1 is 0.963 bits per heavy atom. The predicted molar refractivity (Wildman–Crippen MR) is 103 cm³/mol. The SMILES string of the molecule is CCN(Cc1ccccc1)C(=O)c1cccc(C(=O)NCc2ccco2)c1. The fourth-order valence-corrected chi connectivity index (χ4v) is 2.79. The molecule has 3 rings (SSSR count). The number of nitrogens with one attached hydrogen (secondary N) is 1. The third-order valence-corrected chi connectivity index (χ3v) is 4.26. The van der Waals surface area contributed by atoms with Crippen LogP contribution >= 0.6 is 0 Å². The molecule has 1 heterocycles. The van der Waals surface area contributed by atoms with E-state index in [1.54, 1.807) is 47.6 Å². The third kappa shape index (κ3) is 4.85. The first-order valence-corrected chi connectivity index (χ1v) is 8.91. The topological polar surface area (TPSA) is 62.6 Å². The van der Waals surface area contributed by atoms with E-state index in [0.717, 1.165) is 5.56 Å². The molecule has 5 heteroatoms. The van der Waals surface area contributed by atoms with Crippen LogP contribution in [0.3, 0.4) is 0 Å². The number of hydrogen-bond donors (Lipinski definition) is 1. The van der Waals surface area contributed by atoms with Gasteiger partial charge in [0.25, 0.3) is 11.8 Å². The Hall–Kier alpha value is -3.34. The van der Waals surface area contributed by atoms with Crippen LogP contribution in [0.2, 0.25) is 0 Å². The molecule has 0 bridgehead atoms. The molecule has 138 valence electrons. The number of hydrogen-bond acceptors (Lipinski definition) is 3. The number of carbonyl (C=O) groups excluding carboxylic acids is 2. The summed E-state index contributed by atoms with van der Waals surface area (Å²) in [5.74, 6) is 0.338. The first-order chi connectivity index (χ1) is 13.2. The zero-order valence-corrected chi connectivity index (χ0v) is 15.2. The van der Waals surface area contributed by atoms with E-state index in [1.807, 2.05) is 37.3 Å². The van der Waals surface area contributed by atoms with Crippen LogP contribution in [0.15, 0.2) is 77.4 Å². The molecular weight excluding hydrogens is 340 g/mol. The Bertz CT molecular complexity index is 889. The number of furan rings is 1. The van der Waals surface area contributed by atoms with Crippen molar-refractivity contribution in [3.8, 4) is 0 Å². The van der Waals surface area contributed by atoms with Crippen molar-refractivity contribution in [3.05, 3.63) is 95.4 Å². The zero-order chi connectivity index (χ0) is 19.1. The summed E-state index contributed by atoms with van der Waals surface area (Å²) >= 11 is 0. The van der Waals surface area contributed by atoms with Gasteiger partial charge in [0, 0.05) is 24.2 Å². The van der Waals surface area contributed by atoms with Gasteiger partial charge in [-0.1, -0.05) is 36.4 Å². The number of benzene rings is 2. The van der Waals surface area contributed by atoms with E-state index in [0.29, 0.717) is 36.5 Å². The van der Waals surface area contributed by atoms with Gasteiger partial charge in [-0.25, -0.2) is 0 Å². The summed E-state index contributed by atoms with van der Waals surface area (Å²) < 4.78 is 5.21. The molecule has 0 unspecified atom stereocenters. The smallest absolute Gasteiger partial charge is 0.254 e. The van der Waals surface area contributed by atoms with Crippen LogP contribution in [0.1, 0.15) is 39.0 Å². The van der Waals surface area contributed by atoms with Crippen molar-refractivity contribution in [3.63, 3.8) is 0 Å². The van der Waals surface area contributed by atoms with Gasteiger partial charge >= 0.3 is 0 Å². The molecule has 0 aliphatic heterocycles. The Morgan fingerprint density at radius 3 is 2.44 bits per heavy atom. The molecule has 1 aromatic heterocycles. The number of rotatable bonds is 7. The Balaban J connectivity index is 1.69. The normalized spacial score (nSPS) is 10.4. The summed E-state index contributed by atoms with van der Waals surface area (Å²) in [4.78, 5) is 27.0. The van der Waals surface area contributed by atoms with Crippen LogP contribution in [0.4, 0.5) is 0 Å². The predicted octanol–water partition coefficient (Wildman–Crippen LogP) is 3.87. The van der Waals surface area contributed by atoms with E-state index in [-0.39, 0.29) is 11.8 Å². The van der Waals surface area contributed by atoms with Crippen molar-refractivity contribution in [1.82, 2.24) is 10.2 Å². The number of amides is 2. The maximum absolute atomic E-state index is 12.9. The van der Waals surface area contributed by atoms with Gasteiger partial charge in [0.05, 0.1) is 12.8 Å². The van der Waals surface area contributed by atoms with Gasteiger partial charge in [0.15, 0.2) is 0 Å². The Kier molecular flexibility index (Phi) is 6.05. The number of nitrogens with zero attached hydrogens (tertiary/aromatic N) is 1. The molecule has 2 aromatic carbocycles. The van der Waals surface area contributed by atoms with Crippen molar-refractivity contribution < 1.29 is 14.0 Å². The largest absolute Gasteiger partial charge is 0.467 e. The highest BCUT2D eigenvalue weighted by Crippen LogP contribution is 2.12. The lowest BCUT2D eigenvalue weighted by atomic mass is 10.1. The highest BCUT2D eigenvalue weighted by atomic mass is 16.3. The minimum absolute atomic E-state index is 0.0953. The van der Waals surface area contributed by atoms with Crippen molar-refractivity contribution in [2.45, 2.75) is 20.0 Å². The van der Waals surface area contributed by atoms with Crippen LogP contribution < -0.4 is 5.32 Å². The molecule has 3 aromatic rings. The van der Waals surface area contributed by atoms with Crippen LogP contribution in [-0.2, 0) is 13.1 Å². The molecule has 2 amide bonds. The van der Waals surface area contributed by atoms with E-state index < -0.39 is 0 Å². The Labute approximate surface area is 158 Å². The lowest BCUT2D eigenvalue weighted by Crippen LogP contribution is -2.30. The van der Waals surface area contributed by atoms with Gasteiger partial charge in [0.2, 0.25) is 0 Å². The molecular formula is C22H22N2O3. The average Bonchev–Trinajstić information content (AvgIpc) is 3.24. The lowest BCUT2D eigenvalue weighted by molar-refractivity contribution is 0.0752. The average molecular weight is 362 g/mol. The van der Waals surface area contributed by atoms with Crippen molar-refractivity contribution in [2.75, 3.05) is 6.54 Å². The maximum Gasteiger partial charge on any atom is 0.254 e. The number of carbonyl (C=O) groups is 2. The van der Waals surface area contributed by atoms with Crippen molar-refractivity contribution in [2.24, 2.45) is 0 Å². The minimum atomic E-state index is -0.243. The summed E-state index contributed by atoms with van der Waals surface area (Å²) in [5, 5.41) is 2.79. The van der Waals surface area contributed by atoms with Crippen molar-refractivity contribution in [1.29, 1.82) is 0 Å². The molecule has 0 spiro atoms. The second-order valence-corrected chi connectivity index (χ2v) is 6.15. The van der Waals surface area contributed by atoms with Crippen LogP contribution in [0, 0.1) is 0 Å². The molecule has 0 atom stereocenters. The monoisotopic (exact) mass is 362 g/mol. The van der Waals surface area contributed by atoms with Crippen LogP contribution in [0.25, 0.3) is 0 Å². The Morgan fingerprint density at radius 2 is 1.74 bits per heavy atom. The van der Waals surface area contributed by atoms with Gasteiger partial charge in [-0.15, -0.1) is 0 Å². The first kappa shape index (κ1) is 18.5. The van der Waals surface area contributed by atoms with Gasteiger partial charge in [-0.2, -0.15) is 0 Å². The summed E-state index contributed by atoms with van der Waals surface area (Å²) in [6.07, 6.45) is 1.56. The van der Waals surface area contributed by atoms with E-state index in [9.17, 15) is 9.59 Å².